The van der Waals surface area contributed by atoms with Crippen LogP contribution in [0.4, 0.5) is 17.2 Å². The molecular formula is C20H25N5O2. The van der Waals surface area contributed by atoms with Gasteiger partial charge in [-0.3, -0.25) is 15.5 Å². The molecule has 1 N–H and O–H groups in total. The molecule has 1 aliphatic rings. The first-order valence-electron chi connectivity index (χ1n) is 9.13. The molecule has 3 rings (SSSR count). The van der Waals surface area contributed by atoms with Gasteiger partial charge in [-0.05, 0) is 62.4 Å². The van der Waals surface area contributed by atoms with Crippen molar-refractivity contribution < 1.29 is 4.92 Å². The van der Waals surface area contributed by atoms with Crippen molar-refractivity contribution in [1.82, 2.24) is 4.98 Å². The molecule has 1 unspecified atom stereocenters. The van der Waals surface area contributed by atoms with Crippen molar-refractivity contribution in [3.8, 4) is 0 Å². The van der Waals surface area contributed by atoms with E-state index in [2.05, 4.69) is 66.3 Å². The summed E-state index contributed by atoms with van der Waals surface area (Å²) in [4.78, 5) is 16.6. The van der Waals surface area contributed by atoms with E-state index >= 15 is 0 Å². The number of anilines is 2. The van der Waals surface area contributed by atoms with Crippen LogP contribution in [0.2, 0.25) is 0 Å². The van der Waals surface area contributed by atoms with Crippen molar-refractivity contribution >= 4 is 23.4 Å². The van der Waals surface area contributed by atoms with Crippen molar-refractivity contribution in [3.63, 3.8) is 0 Å². The fourth-order valence-corrected chi connectivity index (χ4v) is 3.92. The highest BCUT2D eigenvalue weighted by atomic mass is 16.6. The molecule has 1 aliphatic heterocycles. The van der Waals surface area contributed by atoms with Gasteiger partial charge in [0.25, 0.3) is 5.69 Å². The Kier molecular flexibility index (Phi) is 5.12. The van der Waals surface area contributed by atoms with Gasteiger partial charge in [0.15, 0.2) is 0 Å². The third-order valence-electron chi connectivity index (χ3n) is 5.08. The van der Waals surface area contributed by atoms with Gasteiger partial charge in [0.2, 0.25) is 0 Å². The van der Waals surface area contributed by atoms with Crippen molar-refractivity contribution in [1.29, 1.82) is 0 Å². The standard InChI is InChI=1S/C20H25N5O2/c1-5-24-18-8-6-15(10-17(18)14(2)11-20(24,3)4)12-22-23-19-9-7-16(13-21-19)25(26)27/h6-10,12-14H,5,11H2,1-4H3,(H,21,23)/b22-12-. The summed E-state index contributed by atoms with van der Waals surface area (Å²) in [5.41, 5.74) is 6.56. The average molecular weight is 367 g/mol. The van der Waals surface area contributed by atoms with Gasteiger partial charge >= 0.3 is 0 Å². The van der Waals surface area contributed by atoms with Crippen LogP contribution in [0.1, 0.15) is 51.2 Å². The molecule has 1 aromatic carbocycles. The fraction of sp³-hybridized carbons (Fsp3) is 0.400. The Labute approximate surface area is 159 Å². The minimum atomic E-state index is -0.477. The van der Waals surface area contributed by atoms with Crippen LogP contribution in [0, 0.1) is 10.1 Å². The van der Waals surface area contributed by atoms with Gasteiger partial charge in [-0.1, -0.05) is 13.0 Å². The Morgan fingerprint density at radius 1 is 1.41 bits per heavy atom. The molecule has 1 atom stereocenters. The lowest BCUT2D eigenvalue weighted by Gasteiger charge is -2.47. The van der Waals surface area contributed by atoms with Crippen LogP contribution < -0.4 is 10.3 Å². The van der Waals surface area contributed by atoms with Crippen LogP contribution in [0.3, 0.4) is 0 Å². The number of nitrogens with zero attached hydrogens (tertiary/aromatic N) is 4. The summed E-state index contributed by atoms with van der Waals surface area (Å²) < 4.78 is 0. The number of hydrazone groups is 1. The number of pyridine rings is 1. The number of benzene rings is 1. The molecular weight excluding hydrogens is 342 g/mol. The van der Waals surface area contributed by atoms with E-state index < -0.39 is 4.92 Å². The highest BCUT2D eigenvalue weighted by Gasteiger charge is 2.35. The Hall–Kier alpha value is -2.96. The number of hydrogen-bond donors (Lipinski definition) is 1. The summed E-state index contributed by atoms with van der Waals surface area (Å²) in [5.74, 6) is 0.942. The van der Waals surface area contributed by atoms with E-state index in [0.717, 1.165) is 18.5 Å². The Morgan fingerprint density at radius 2 is 2.19 bits per heavy atom. The van der Waals surface area contributed by atoms with Crippen LogP contribution in [-0.2, 0) is 0 Å². The zero-order valence-electron chi connectivity index (χ0n) is 16.1. The normalized spacial score (nSPS) is 18.4. The van der Waals surface area contributed by atoms with E-state index in [9.17, 15) is 10.1 Å². The monoisotopic (exact) mass is 367 g/mol. The molecule has 2 heterocycles. The molecule has 7 heteroatoms. The topological polar surface area (TPSA) is 83.7 Å². The first-order chi connectivity index (χ1) is 12.8. The molecule has 0 saturated carbocycles. The lowest BCUT2D eigenvalue weighted by molar-refractivity contribution is -0.385. The highest BCUT2D eigenvalue weighted by Crippen LogP contribution is 2.43. The number of nitrogens with one attached hydrogen (secondary N) is 1. The summed E-state index contributed by atoms with van der Waals surface area (Å²) in [6.07, 6.45) is 4.06. The number of rotatable bonds is 5. The van der Waals surface area contributed by atoms with E-state index in [-0.39, 0.29) is 11.2 Å². The van der Waals surface area contributed by atoms with Crippen LogP contribution in [-0.4, -0.2) is 28.2 Å². The van der Waals surface area contributed by atoms with Crippen LogP contribution in [0.15, 0.2) is 41.6 Å². The van der Waals surface area contributed by atoms with Crippen molar-refractivity contribution in [3.05, 3.63) is 57.8 Å². The maximum atomic E-state index is 10.7. The van der Waals surface area contributed by atoms with Crippen molar-refractivity contribution in [2.75, 3.05) is 16.9 Å². The summed E-state index contributed by atoms with van der Waals surface area (Å²) >= 11 is 0. The predicted octanol–water partition coefficient (Wildman–Crippen LogP) is 4.55. The molecule has 0 amide bonds. The van der Waals surface area contributed by atoms with E-state index in [1.54, 1.807) is 6.21 Å². The highest BCUT2D eigenvalue weighted by molar-refractivity contribution is 5.82. The van der Waals surface area contributed by atoms with E-state index in [4.69, 9.17) is 0 Å². The molecule has 142 valence electrons. The first-order valence-corrected chi connectivity index (χ1v) is 9.13. The Bertz CT molecular complexity index is 861. The molecule has 2 aromatic rings. The van der Waals surface area contributed by atoms with Crippen LogP contribution in [0.5, 0.6) is 0 Å². The summed E-state index contributed by atoms with van der Waals surface area (Å²) in [6, 6.07) is 9.34. The van der Waals surface area contributed by atoms with Gasteiger partial charge in [-0.2, -0.15) is 5.10 Å². The summed E-state index contributed by atoms with van der Waals surface area (Å²) in [5, 5.41) is 14.9. The van der Waals surface area contributed by atoms with E-state index in [0.29, 0.717) is 11.7 Å². The molecule has 0 saturated heterocycles. The van der Waals surface area contributed by atoms with Gasteiger partial charge in [0.1, 0.15) is 12.0 Å². The van der Waals surface area contributed by atoms with E-state index in [1.165, 1.54) is 29.6 Å². The second-order valence-corrected chi connectivity index (χ2v) is 7.51. The van der Waals surface area contributed by atoms with Gasteiger partial charge in [0, 0.05) is 23.8 Å². The average Bonchev–Trinajstić information content (AvgIpc) is 2.62. The van der Waals surface area contributed by atoms with Gasteiger partial charge in [-0.25, -0.2) is 4.98 Å². The first kappa shape index (κ1) is 18.8. The molecule has 0 aliphatic carbocycles. The zero-order valence-corrected chi connectivity index (χ0v) is 16.1. The number of aromatic nitrogens is 1. The molecule has 7 nitrogen and oxygen atoms in total. The maximum Gasteiger partial charge on any atom is 0.287 e. The minimum absolute atomic E-state index is 0.0448. The number of fused-ring (bicyclic) bond motifs is 1. The molecule has 0 radical (unpaired) electrons. The maximum absolute atomic E-state index is 10.7. The molecule has 1 aromatic heterocycles. The largest absolute Gasteiger partial charge is 0.366 e. The quantitative estimate of drug-likeness (QED) is 0.476. The Balaban J connectivity index is 1.76. The lowest BCUT2D eigenvalue weighted by Crippen LogP contribution is -2.48. The van der Waals surface area contributed by atoms with Gasteiger partial charge in [-0.15, -0.1) is 0 Å². The zero-order chi connectivity index (χ0) is 19.6. The lowest BCUT2D eigenvalue weighted by atomic mass is 9.79. The van der Waals surface area contributed by atoms with Crippen molar-refractivity contribution in [2.45, 2.75) is 45.6 Å². The van der Waals surface area contributed by atoms with Gasteiger partial charge < -0.3 is 4.90 Å². The third kappa shape index (κ3) is 3.92. The molecule has 0 spiro atoms. The second-order valence-electron chi connectivity index (χ2n) is 7.51. The summed E-state index contributed by atoms with van der Waals surface area (Å²) in [6.45, 7) is 10.0. The number of nitro groups is 1. The number of hydrogen-bond acceptors (Lipinski definition) is 6. The van der Waals surface area contributed by atoms with Crippen LogP contribution >= 0.6 is 0 Å². The molecule has 0 bridgehead atoms. The fourth-order valence-electron chi connectivity index (χ4n) is 3.92. The Morgan fingerprint density at radius 3 is 2.81 bits per heavy atom. The smallest absolute Gasteiger partial charge is 0.287 e. The summed E-state index contributed by atoms with van der Waals surface area (Å²) in [7, 11) is 0. The minimum Gasteiger partial charge on any atom is -0.366 e. The SMILES string of the molecule is CCN1c2ccc(/C=N\Nc3ccc([N+](=O)[O-])cn3)cc2C(C)CC1(C)C. The molecule has 27 heavy (non-hydrogen) atoms. The van der Waals surface area contributed by atoms with Gasteiger partial charge in [0.05, 0.1) is 11.1 Å². The van der Waals surface area contributed by atoms with E-state index in [1.807, 2.05) is 0 Å². The van der Waals surface area contributed by atoms with Crippen molar-refractivity contribution in [2.24, 2.45) is 5.10 Å². The predicted molar refractivity (Wildman–Crippen MR) is 109 cm³/mol. The third-order valence-corrected chi connectivity index (χ3v) is 5.08. The van der Waals surface area contributed by atoms with Crippen LogP contribution in [0.25, 0.3) is 0 Å². The molecule has 0 fully saturated rings. The second kappa shape index (κ2) is 7.34.